The molecule has 0 saturated carbocycles. The first-order valence-corrected chi connectivity index (χ1v) is 6.43. The average molecular weight is 330 g/mol. The van der Waals surface area contributed by atoms with Crippen LogP contribution in [0.5, 0.6) is 0 Å². The van der Waals surface area contributed by atoms with Gasteiger partial charge in [0.1, 0.15) is 5.82 Å². The van der Waals surface area contributed by atoms with Crippen LogP contribution in [0.1, 0.15) is 5.56 Å². The molecule has 2 aromatic carbocycles. The number of aryl methyl sites for hydroxylation is 1. The van der Waals surface area contributed by atoms with Crippen LogP contribution < -0.4 is 11.1 Å². The highest BCUT2D eigenvalue weighted by atomic mass is 79.9. The van der Waals surface area contributed by atoms with Gasteiger partial charge in [-0.15, -0.1) is 0 Å². The molecule has 2 nitrogen and oxygen atoms in total. The minimum atomic E-state index is -0.316. The van der Waals surface area contributed by atoms with E-state index in [2.05, 4.69) is 21.2 Å². The normalized spacial score (nSPS) is 10.4. The number of rotatable bonds is 2. The van der Waals surface area contributed by atoms with E-state index in [4.69, 9.17) is 17.3 Å². The van der Waals surface area contributed by atoms with Gasteiger partial charge in [-0.25, -0.2) is 4.39 Å². The molecule has 5 heteroatoms. The summed E-state index contributed by atoms with van der Waals surface area (Å²) < 4.78 is 14.0. The highest BCUT2D eigenvalue weighted by Crippen LogP contribution is 2.34. The van der Waals surface area contributed by atoms with Crippen LogP contribution in [0, 0.1) is 12.7 Å². The van der Waals surface area contributed by atoms with E-state index < -0.39 is 0 Å². The van der Waals surface area contributed by atoms with Gasteiger partial charge in [0.25, 0.3) is 0 Å². The summed E-state index contributed by atoms with van der Waals surface area (Å²) in [7, 11) is 0. The first-order chi connectivity index (χ1) is 8.49. The zero-order chi connectivity index (χ0) is 13.3. The number of nitrogens with one attached hydrogen (secondary N) is 1. The fourth-order valence-electron chi connectivity index (χ4n) is 1.55. The molecule has 0 amide bonds. The Morgan fingerprint density at radius 1 is 1.28 bits per heavy atom. The van der Waals surface area contributed by atoms with Gasteiger partial charge in [-0.1, -0.05) is 17.7 Å². The number of halogens is 3. The summed E-state index contributed by atoms with van der Waals surface area (Å²) in [5.74, 6) is -0.316. The van der Waals surface area contributed by atoms with Crippen LogP contribution in [0.2, 0.25) is 5.02 Å². The first kappa shape index (κ1) is 13.2. The summed E-state index contributed by atoms with van der Waals surface area (Å²) in [5.41, 5.74) is 8.09. The smallest absolute Gasteiger partial charge is 0.128 e. The lowest BCUT2D eigenvalue weighted by Crippen LogP contribution is -1.99. The second-order valence-corrected chi connectivity index (χ2v) is 5.12. The monoisotopic (exact) mass is 328 g/mol. The summed E-state index contributed by atoms with van der Waals surface area (Å²) >= 11 is 9.38. The Bertz CT molecular complexity index is 602. The highest BCUT2D eigenvalue weighted by molar-refractivity contribution is 9.10. The Morgan fingerprint density at radius 3 is 2.72 bits per heavy atom. The van der Waals surface area contributed by atoms with Crippen molar-refractivity contribution >= 4 is 44.6 Å². The van der Waals surface area contributed by atoms with E-state index in [9.17, 15) is 4.39 Å². The molecule has 0 bridgehead atoms. The molecule has 0 radical (unpaired) electrons. The van der Waals surface area contributed by atoms with Crippen molar-refractivity contribution in [2.45, 2.75) is 6.92 Å². The van der Waals surface area contributed by atoms with Crippen LogP contribution in [0.25, 0.3) is 0 Å². The van der Waals surface area contributed by atoms with E-state index >= 15 is 0 Å². The third kappa shape index (κ3) is 2.60. The molecule has 0 aromatic heterocycles. The van der Waals surface area contributed by atoms with Crippen LogP contribution in [0.15, 0.2) is 34.8 Å². The van der Waals surface area contributed by atoms with E-state index in [1.165, 1.54) is 6.07 Å². The largest absolute Gasteiger partial charge is 0.397 e. The molecule has 2 rings (SSSR count). The van der Waals surface area contributed by atoms with Crippen molar-refractivity contribution in [3.8, 4) is 0 Å². The summed E-state index contributed by atoms with van der Waals surface area (Å²) in [4.78, 5) is 0. The number of benzene rings is 2. The van der Waals surface area contributed by atoms with Crippen molar-refractivity contribution < 1.29 is 4.39 Å². The Labute approximate surface area is 118 Å². The quantitative estimate of drug-likeness (QED) is 0.771. The maximum Gasteiger partial charge on any atom is 0.128 e. The predicted molar refractivity (Wildman–Crippen MR) is 78.0 cm³/mol. The standard InChI is InChI=1S/C13H11BrClFN2/c1-7-5-12(10(17)6-9(7)16)18-11-4-2-3-8(15)13(11)14/h2-6,18H,17H2,1H3. The number of anilines is 3. The minimum Gasteiger partial charge on any atom is -0.397 e. The van der Waals surface area contributed by atoms with Crippen LogP contribution in [0.4, 0.5) is 21.5 Å². The summed E-state index contributed by atoms with van der Waals surface area (Å²) in [6.07, 6.45) is 0. The van der Waals surface area contributed by atoms with Crippen molar-refractivity contribution in [1.82, 2.24) is 0 Å². The molecule has 18 heavy (non-hydrogen) atoms. The Morgan fingerprint density at radius 2 is 2.00 bits per heavy atom. The molecule has 2 aromatic rings. The van der Waals surface area contributed by atoms with Crippen LogP contribution >= 0.6 is 27.5 Å². The van der Waals surface area contributed by atoms with E-state index in [0.29, 0.717) is 22.0 Å². The van der Waals surface area contributed by atoms with Gasteiger partial charge in [0.15, 0.2) is 0 Å². The van der Waals surface area contributed by atoms with Crippen molar-refractivity contribution in [3.05, 3.63) is 51.2 Å². The molecular formula is C13H11BrClFN2. The Kier molecular flexibility index (Phi) is 3.78. The average Bonchev–Trinajstić information content (AvgIpc) is 2.32. The van der Waals surface area contributed by atoms with Crippen molar-refractivity contribution in [3.63, 3.8) is 0 Å². The lowest BCUT2D eigenvalue weighted by molar-refractivity contribution is 0.619. The van der Waals surface area contributed by atoms with Crippen molar-refractivity contribution in [2.75, 3.05) is 11.1 Å². The summed E-state index contributed by atoms with van der Waals surface area (Å²) in [6, 6.07) is 8.42. The molecule has 3 N–H and O–H groups in total. The molecule has 0 spiro atoms. The summed E-state index contributed by atoms with van der Waals surface area (Å²) in [5, 5.41) is 3.72. The number of hydrogen-bond acceptors (Lipinski definition) is 2. The Balaban J connectivity index is 2.40. The van der Waals surface area contributed by atoms with Crippen LogP contribution in [-0.4, -0.2) is 0 Å². The van der Waals surface area contributed by atoms with Gasteiger partial charge in [0.05, 0.1) is 26.6 Å². The van der Waals surface area contributed by atoms with E-state index in [1.807, 2.05) is 12.1 Å². The van der Waals surface area contributed by atoms with E-state index in [1.54, 1.807) is 19.1 Å². The number of hydrogen-bond donors (Lipinski definition) is 2. The van der Waals surface area contributed by atoms with Gasteiger partial charge in [0.2, 0.25) is 0 Å². The van der Waals surface area contributed by atoms with Gasteiger partial charge in [0, 0.05) is 0 Å². The maximum atomic E-state index is 13.3. The van der Waals surface area contributed by atoms with Crippen molar-refractivity contribution in [2.24, 2.45) is 0 Å². The third-order valence-corrected chi connectivity index (χ3v) is 3.95. The fourth-order valence-corrected chi connectivity index (χ4v) is 2.09. The van der Waals surface area contributed by atoms with E-state index in [0.717, 1.165) is 10.2 Å². The highest BCUT2D eigenvalue weighted by Gasteiger charge is 2.08. The minimum absolute atomic E-state index is 0.316. The zero-order valence-corrected chi connectivity index (χ0v) is 11.9. The molecular weight excluding hydrogens is 319 g/mol. The topological polar surface area (TPSA) is 38.0 Å². The lowest BCUT2D eigenvalue weighted by atomic mass is 10.1. The molecule has 0 aliphatic rings. The first-order valence-electron chi connectivity index (χ1n) is 5.25. The third-order valence-electron chi connectivity index (χ3n) is 2.55. The molecule has 0 fully saturated rings. The van der Waals surface area contributed by atoms with Crippen LogP contribution in [-0.2, 0) is 0 Å². The molecule has 94 valence electrons. The number of nitrogen functional groups attached to an aromatic ring is 1. The van der Waals surface area contributed by atoms with Gasteiger partial charge >= 0.3 is 0 Å². The summed E-state index contributed by atoms with van der Waals surface area (Å²) in [6.45, 7) is 1.69. The van der Waals surface area contributed by atoms with Gasteiger partial charge in [-0.3, -0.25) is 0 Å². The Hall–Kier alpha value is -1.26. The second kappa shape index (κ2) is 5.16. The molecule has 0 saturated heterocycles. The van der Waals surface area contributed by atoms with Gasteiger partial charge < -0.3 is 11.1 Å². The van der Waals surface area contributed by atoms with Crippen molar-refractivity contribution in [1.29, 1.82) is 0 Å². The fraction of sp³-hybridized carbons (Fsp3) is 0.0769. The van der Waals surface area contributed by atoms with Crippen LogP contribution in [0.3, 0.4) is 0 Å². The molecule has 0 unspecified atom stereocenters. The van der Waals surface area contributed by atoms with Gasteiger partial charge in [-0.2, -0.15) is 0 Å². The zero-order valence-electron chi connectivity index (χ0n) is 9.60. The maximum absolute atomic E-state index is 13.3. The molecule has 0 atom stereocenters. The predicted octanol–water partition coefficient (Wildman–Crippen LogP) is 4.88. The molecule has 0 aliphatic carbocycles. The molecule has 0 aliphatic heterocycles. The SMILES string of the molecule is Cc1cc(Nc2cccc(Cl)c2Br)c(N)cc1F. The van der Waals surface area contributed by atoms with Gasteiger partial charge in [-0.05, 0) is 52.7 Å². The number of nitrogens with two attached hydrogens (primary N) is 1. The van der Waals surface area contributed by atoms with E-state index in [-0.39, 0.29) is 5.82 Å². The lowest BCUT2D eigenvalue weighted by Gasteiger charge is -2.13. The second-order valence-electron chi connectivity index (χ2n) is 3.92. The molecule has 0 heterocycles.